The topological polar surface area (TPSA) is 99.6 Å². The van der Waals surface area contributed by atoms with Gasteiger partial charge in [-0.3, -0.25) is 10.1 Å². The van der Waals surface area contributed by atoms with E-state index in [1.54, 1.807) is 18.3 Å². The smallest absolute Gasteiger partial charge is 0.258 e. The van der Waals surface area contributed by atoms with Crippen molar-refractivity contribution < 1.29 is 4.92 Å². The fourth-order valence-corrected chi connectivity index (χ4v) is 4.33. The molecule has 0 radical (unpaired) electrons. The lowest BCUT2D eigenvalue weighted by atomic mass is 10.0. The van der Waals surface area contributed by atoms with Gasteiger partial charge in [0.05, 0.1) is 16.3 Å². The Morgan fingerprint density at radius 1 is 1.06 bits per heavy atom. The van der Waals surface area contributed by atoms with E-state index in [-0.39, 0.29) is 5.69 Å². The molecule has 1 unspecified atom stereocenters. The zero-order chi connectivity index (χ0) is 21.3. The van der Waals surface area contributed by atoms with Crippen LogP contribution >= 0.6 is 11.3 Å². The van der Waals surface area contributed by atoms with Gasteiger partial charge in [0.1, 0.15) is 6.54 Å². The number of rotatable bonds is 5. The van der Waals surface area contributed by atoms with Gasteiger partial charge in [-0.1, -0.05) is 29.5 Å². The summed E-state index contributed by atoms with van der Waals surface area (Å²) in [4.78, 5) is 14.9. The number of hydrogen-bond acceptors (Lipinski definition) is 9. The Morgan fingerprint density at radius 2 is 1.87 bits per heavy atom. The van der Waals surface area contributed by atoms with E-state index in [1.165, 1.54) is 23.5 Å². The Balaban J connectivity index is 1.47. The van der Waals surface area contributed by atoms with Crippen LogP contribution in [0.4, 0.5) is 16.5 Å². The lowest BCUT2D eigenvalue weighted by molar-refractivity contribution is -0.384. The Kier molecular flexibility index (Phi) is 4.75. The monoisotopic (exact) mass is 431 g/mol. The van der Waals surface area contributed by atoms with Crippen LogP contribution < -0.4 is 10.0 Å². The molecule has 0 amide bonds. The van der Waals surface area contributed by atoms with Crippen molar-refractivity contribution in [3.63, 3.8) is 0 Å². The number of hydrazone groups is 1. The molecule has 2 aliphatic rings. The summed E-state index contributed by atoms with van der Waals surface area (Å²) >= 11 is 1.50. The Bertz CT molecular complexity index is 1180. The number of non-ortho nitro benzene ring substituents is 1. The first kappa shape index (κ1) is 19.1. The van der Waals surface area contributed by atoms with Gasteiger partial charge in [0, 0.05) is 30.1 Å². The van der Waals surface area contributed by atoms with Gasteiger partial charge in [-0.25, -0.2) is 9.99 Å². The zero-order valence-corrected chi connectivity index (χ0v) is 17.1. The van der Waals surface area contributed by atoms with Crippen molar-refractivity contribution in [1.29, 1.82) is 0 Å². The summed E-state index contributed by atoms with van der Waals surface area (Å²) in [5.74, 6) is 0. The van der Waals surface area contributed by atoms with Gasteiger partial charge in [-0.2, -0.15) is 15.2 Å². The highest BCUT2D eigenvalue weighted by Gasteiger charge is 2.52. The second-order valence-corrected chi connectivity index (χ2v) is 7.97. The van der Waals surface area contributed by atoms with Gasteiger partial charge in [0.2, 0.25) is 5.13 Å². The summed E-state index contributed by atoms with van der Waals surface area (Å²) in [7, 11) is 0. The molecule has 3 heterocycles. The van der Waals surface area contributed by atoms with Crippen molar-refractivity contribution >= 4 is 39.6 Å². The highest BCUT2D eigenvalue weighted by molar-refractivity contribution is 7.13. The largest absolute Gasteiger partial charge is 0.269 e. The molecular formula is C21H17N7O2S. The van der Waals surface area contributed by atoms with Gasteiger partial charge < -0.3 is 0 Å². The standard InChI is InChI=1S/C21H17N7O2S/c29-28(30)19-10-7-16(8-11-19)6-9-17-14-21(26(24-17)18-4-2-1-3-5-18)15-23-25-27(21)20-22-12-13-31-20/h1-13H,14-15H2/b9-6+. The number of hydrogen-bond donors (Lipinski definition) is 0. The second kappa shape index (κ2) is 7.73. The van der Waals surface area contributed by atoms with Crippen LogP contribution in [0.25, 0.3) is 6.08 Å². The number of benzene rings is 2. The number of allylic oxidation sites excluding steroid dienone is 1. The lowest BCUT2D eigenvalue weighted by Gasteiger charge is -2.37. The van der Waals surface area contributed by atoms with Crippen molar-refractivity contribution in [2.75, 3.05) is 16.6 Å². The fraction of sp³-hybridized carbons (Fsp3) is 0.143. The number of aromatic nitrogens is 1. The number of nitro groups is 1. The highest BCUT2D eigenvalue weighted by Crippen LogP contribution is 2.42. The molecule has 154 valence electrons. The second-order valence-electron chi connectivity index (χ2n) is 7.10. The van der Waals surface area contributed by atoms with E-state index >= 15 is 0 Å². The van der Waals surface area contributed by atoms with E-state index in [9.17, 15) is 10.1 Å². The molecule has 1 atom stereocenters. The van der Waals surface area contributed by atoms with Gasteiger partial charge in [-0.15, -0.1) is 11.3 Å². The van der Waals surface area contributed by atoms with E-state index in [2.05, 4.69) is 15.3 Å². The summed E-state index contributed by atoms with van der Waals surface area (Å²) in [6, 6.07) is 16.3. The van der Waals surface area contributed by atoms with E-state index < -0.39 is 10.6 Å². The first-order chi connectivity index (χ1) is 15.2. The molecule has 0 saturated carbocycles. The molecule has 0 aliphatic carbocycles. The molecule has 0 bridgehead atoms. The summed E-state index contributed by atoms with van der Waals surface area (Å²) in [5, 5.41) is 30.9. The molecule has 2 aliphatic heterocycles. The van der Waals surface area contributed by atoms with Crippen molar-refractivity contribution in [2.45, 2.75) is 12.1 Å². The Morgan fingerprint density at radius 3 is 2.58 bits per heavy atom. The van der Waals surface area contributed by atoms with Crippen LogP contribution in [0.3, 0.4) is 0 Å². The van der Waals surface area contributed by atoms with Gasteiger partial charge >= 0.3 is 0 Å². The van der Waals surface area contributed by atoms with Crippen LogP contribution in [-0.2, 0) is 0 Å². The normalized spacial score (nSPS) is 20.2. The maximum absolute atomic E-state index is 10.9. The van der Waals surface area contributed by atoms with Crippen molar-refractivity contribution in [2.24, 2.45) is 15.4 Å². The minimum atomic E-state index is -0.603. The van der Waals surface area contributed by atoms with Gasteiger partial charge in [0.25, 0.3) is 5.69 Å². The van der Waals surface area contributed by atoms with E-state index in [1.807, 2.05) is 57.9 Å². The van der Waals surface area contributed by atoms with Crippen LogP contribution in [0.1, 0.15) is 12.0 Å². The first-order valence-corrected chi connectivity index (χ1v) is 10.5. The molecule has 0 saturated heterocycles. The molecule has 0 fully saturated rings. The number of nitro benzene ring substituents is 1. The predicted molar refractivity (Wildman–Crippen MR) is 120 cm³/mol. The van der Waals surface area contributed by atoms with E-state index in [4.69, 9.17) is 5.10 Å². The molecule has 9 nitrogen and oxygen atoms in total. The third-order valence-corrected chi connectivity index (χ3v) is 5.88. The Hall–Kier alpha value is -3.92. The quantitative estimate of drug-likeness (QED) is 0.422. The maximum atomic E-state index is 10.9. The molecule has 5 rings (SSSR count). The van der Waals surface area contributed by atoms with Crippen LogP contribution in [0.15, 0.2) is 87.7 Å². The Labute approximate surface area is 181 Å². The number of para-hydroxylation sites is 1. The summed E-state index contributed by atoms with van der Waals surface area (Å²) in [6.07, 6.45) is 6.18. The summed E-state index contributed by atoms with van der Waals surface area (Å²) in [6.45, 7) is 0.458. The number of nitrogens with zero attached hydrogens (tertiary/aromatic N) is 7. The molecule has 1 aromatic heterocycles. The third-order valence-electron chi connectivity index (χ3n) is 5.13. The zero-order valence-electron chi connectivity index (χ0n) is 16.3. The van der Waals surface area contributed by atoms with Crippen LogP contribution in [0, 0.1) is 10.1 Å². The van der Waals surface area contributed by atoms with E-state index in [0.29, 0.717) is 13.0 Å². The van der Waals surface area contributed by atoms with Crippen molar-refractivity contribution in [1.82, 2.24) is 4.98 Å². The molecule has 0 N–H and O–H groups in total. The third kappa shape index (κ3) is 3.46. The molecule has 2 aromatic carbocycles. The average Bonchev–Trinajstić information content (AvgIpc) is 3.54. The van der Waals surface area contributed by atoms with Crippen LogP contribution in [0.5, 0.6) is 0 Å². The minimum absolute atomic E-state index is 0.0674. The predicted octanol–water partition coefficient (Wildman–Crippen LogP) is 4.91. The van der Waals surface area contributed by atoms with E-state index in [0.717, 1.165) is 22.1 Å². The van der Waals surface area contributed by atoms with Crippen LogP contribution in [-0.4, -0.2) is 27.8 Å². The summed E-state index contributed by atoms with van der Waals surface area (Å²) < 4.78 is 0. The molecule has 10 heteroatoms. The highest BCUT2D eigenvalue weighted by atomic mass is 32.1. The first-order valence-electron chi connectivity index (χ1n) is 9.58. The molecular weight excluding hydrogens is 414 g/mol. The van der Waals surface area contributed by atoms with Crippen LogP contribution in [0.2, 0.25) is 0 Å². The molecule has 31 heavy (non-hydrogen) atoms. The number of thiazole rings is 1. The van der Waals surface area contributed by atoms with Gasteiger partial charge in [-0.05, 0) is 35.9 Å². The SMILES string of the molecule is O=[N+]([O-])c1ccc(/C=C/C2=NN(c3ccccc3)C3(CN=NN3c3nccs3)C2)cc1. The fourth-order valence-electron chi connectivity index (χ4n) is 3.66. The minimum Gasteiger partial charge on any atom is -0.258 e. The molecule has 1 spiro atoms. The average molecular weight is 431 g/mol. The lowest BCUT2D eigenvalue weighted by Crippen LogP contribution is -2.55. The summed E-state index contributed by atoms with van der Waals surface area (Å²) in [5.41, 5.74) is 2.12. The number of anilines is 2. The molecule has 3 aromatic rings. The van der Waals surface area contributed by atoms with Gasteiger partial charge in [0.15, 0.2) is 5.66 Å². The van der Waals surface area contributed by atoms with Crippen molar-refractivity contribution in [3.8, 4) is 0 Å². The van der Waals surface area contributed by atoms with Crippen molar-refractivity contribution in [3.05, 3.63) is 87.9 Å². The maximum Gasteiger partial charge on any atom is 0.269 e.